The van der Waals surface area contributed by atoms with E-state index >= 15 is 0 Å². The number of thiocarbonyl (C=S) groups is 1. The first kappa shape index (κ1) is 25.5. The number of rotatable bonds is 7. The molecule has 12 heteroatoms. The third kappa shape index (κ3) is 6.39. The Kier molecular flexibility index (Phi) is 9.85. The van der Waals surface area contributed by atoms with Crippen LogP contribution in [0.5, 0.6) is 0 Å². The molecule has 1 aliphatic rings. The monoisotopic (exact) mass is 465 g/mol. The second kappa shape index (κ2) is 12.3. The van der Waals surface area contributed by atoms with Gasteiger partial charge in [-0.25, -0.2) is 14.4 Å². The molecule has 32 heavy (non-hydrogen) atoms. The summed E-state index contributed by atoms with van der Waals surface area (Å²) < 4.78 is 0. The van der Waals surface area contributed by atoms with Crippen molar-refractivity contribution in [2.45, 2.75) is 12.1 Å². The van der Waals surface area contributed by atoms with Gasteiger partial charge in [0.25, 0.3) is 0 Å². The summed E-state index contributed by atoms with van der Waals surface area (Å²) in [5.74, 6) is -5.77. The molecule has 1 saturated heterocycles. The molecule has 174 valence electrons. The lowest BCUT2D eigenvalue weighted by Crippen LogP contribution is -2.67. The minimum Gasteiger partial charge on any atom is -0.479 e. The van der Waals surface area contributed by atoms with E-state index in [9.17, 15) is 29.7 Å². The lowest BCUT2D eigenvalue weighted by atomic mass is 9.97. The highest BCUT2D eigenvalue weighted by molar-refractivity contribution is 7.78. The van der Waals surface area contributed by atoms with Crippen molar-refractivity contribution in [3.8, 4) is 0 Å². The van der Waals surface area contributed by atoms with E-state index in [0.717, 1.165) is 10.5 Å². The maximum atomic E-state index is 11.9. The van der Waals surface area contributed by atoms with Crippen LogP contribution >= 0.6 is 12.2 Å². The topological polar surface area (TPSA) is 155 Å². The first-order valence-electron chi connectivity index (χ1n) is 10.1. The molecule has 11 nitrogen and oxygen atoms in total. The van der Waals surface area contributed by atoms with Crippen molar-refractivity contribution in [1.82, 2.24) is 20.4 Å². The first-order chi connectivity index (χ1) is 15.3. The molecule has 1 fully saturated rings. The summed E-state index contributed by atoms with van der Waals surface area (Å²) in [5, 5.41) is 37.5. The fraction of sp³-hybridized carbons (Fsp3) is 0.500. The van der Waals surface area contributed by atoms with Crippen LogP contribution in [0.1, 0.15) is 5.56 Å². The Labute approximate surface area is 190 Å². The molecule has 0 aromatic heterocycles. The lowest BCUT2D eigenvalue weighted by Gasteiger charge is -2.36. The third-order valence-electron chi connectivity index (χ3n) is 5.25. The van der Waals surface area contributed by atoms with Crippen LogP contribution < -0.4 is 10.6 Å². The van der Waals surface area contributed by atoms with E-state index in [1.54, 1.807) is 12.1 Å². The quantitative estimate of drug-likeness (QED) is 0.205. The zero-order chi connectivity index (χ0) is 23.6. The van der Waals surface area contributed by atoms with E-state index < -0.39 is 23.4 Å². The van der Waals surface area contributed by atoms with Gasteiger partial charge in [-0.1, -0.05) is 12.1 Å². The minimum absolute atomic E-state index is 0.0526. The van der Waals surface area contributed by atoms with Gasteiger partial charge in [0.1, 0.15) is 0 Å². The first-order valence-corrected chi connectivity index (χ1v) is 10.5. The molecular weight excluding hydrogens is 438 g/mol. The third-order valence-corrected chi connectivity index (χ3v) is 5.34. The predicted molar refractivity (Wildman–Crippen MR) is 119 cm³/mol. The van der Waals surface area contributed by atoms with Crippen LogP contribution in [-0.2, 0) is 20.9 Å². The average Bonchev–Trinajstić information content (AvgIpc) is 2.72. The van der Waals surface area contributed by atoms with Crippen molar-refractivity contribution in [1.29, 1.82) is 0 Å². The molecular formula is C20H27N5O6S. The SMILES string of the molecule is O=C(O)C(C(=O)O)(C(=O)O)N1CCNCCNCCN(Cc2ccc(N=C=S)cc2)CC1. The number of hydrogen-bond donors (Lipinski definition) is 5. The maximum Gasteiger partial charge on any atom is 0.347 e. The summed E-state index contributed by atoms with van der Waals surface area (Å²) in [4.78, 5) is 42.5. The molecule has 5 N–H and O–H groups in total. The van der Waals surface area contributed by atoms with Crippen LogP contribution in [0.3, 0.4) is 0 Å². The number of aliphatic imine (C=N–C) groups is 1. The van der Waals surface area contributed by atoms with Crippen molar-refractivity contribution in [2.24, 2.45) is 4.99 Å². The second-order valence-corrected chi connectivity index (χ2v) is 7.44. The van der Waals surface area contributed by atoms with Crippen molar-refractivity contribution < 1.29 is 29.7 Å². The fourth-order valence-corrected chi connectivity index (χ4v) is 3.63. The van der Waals surface area contributed by atoms with E-state index in [-0.39, 0.29) is 26.2 Å². The van der Waals surface area contributed by atoms with E-state index in [4.69, 9.17) is 0 Å². The molecule has 1 heterocycles. The Morgan fingerprint density at radius 3 is 2.00 bits per heavy atom. The van der Waals surface area contributed by atoms with Crippen molar-refractivity contribution in [2.75, 3.05) is 52.4 Å². The van der Waals surface area contributed by atoms with Crippen molar-refractivity contribution >= 4 is 41.0 Å². The van der Waals surface area contributed by atoms with Gasteiger partial charge in [-0.15, -0.1) is 0 Å². The molecule has 0 radical (unpaired) electrons. The summed E-state index contributed by atoms with van der Waals surface area (Å²) in [5.41, 5.74) is -1.42. The molecule has 1 aliphatic heterocycles. The molecule has 0 saturated carbocycles. The van der Waals surface area contributed by atoms with Gasteiger partial charge in [-0.05, 0) is 29.9 Å². The molecule has 1 aromatic carbocycles. The van der Waals surface area contributed by atoms with E-state index in [1.807, 2.05) is 17.0 Å². The molecule has 0 bridgehead atoms. The number of aliphatic carboxylic acids is 3. The predicted octanol–water partition coefficient (Wildman–Crippen LogP) is -0.290. The molecule has 0 amide bonds. The summed E-state index contributed by atoms with van der Waals surface area (Å²) in [7, 11) is 0. The van der Waals surface area contributed by atoms with Crippen molar-refractivity contribution in [3.05, 3.63) is 29.8 Å². The number of carboxylic acid groups (broad SMARTS) is 3. The normalized spacial score (nSPS) is 17.4. The number of isothiocyanates is 1. The van der Waals surface area contributed by atoms with Crippen LogP contribution in [0, 0.1) is 0 Å². The van der Waals surface area contributed by atoms with Gasteiger partial charge < -0.3 is 26.0 Å². The van der Waals surface area contributed by atoms with E-state index in [1.165, 1.54) is 0 Å². The highest BCUT2D eigenvalue weighted by Gasteiger charge is 2.59. The van der Waals surface area contributed by atoms with Crippen LogP contribution in [0.4, 0.5) is 5.69 Å². The van der Waals surface area contributed by atoms with Gasteiger partial charge in [0, 0.05) is 58.9 Å². The number of carbonyl (C=O) groups is 3. The second-order valence-electron chi connectivity index (χ2n) is 7.26. The van der Waals surface area contributed by atoms with E-state index in [0.29, 0.717) is 38.4 Å². The smallest absolute Gasteiger partial charge is 0.347 e. The van der Waals surface area contributed by atoms with Gasteiger partial charge in [-0.3, -0.25) is 9.80 Å². The summed E-state index contributed by atoms with van der Waals surface area (Å²) >= 11 is 4.60. The standard InChI is InChI=1S/C20H27N5O6S/c26-17(27)20(18(28)29,19(30)31)25-10-8-22-6-5-21-7-9-24(11-12-25)13-15-1-3-16(4-2-15)23-14-32/h1-4,21-22H,5-13H2,(H,26,27)(H,28,29)(H,30,31). The minimum atomic E-state index is -3.06. The van der Waals surface area contributed by atoms with E-state index in [2.05, 4.69) is 33.0 Å². The Bertz CT molecular complexity index is 823. The zero-order valence-electron chi connectivity index (χ0n) is 17.5. The zero-order valence-corrected chi connectivity index (χ0v) is 18.3. The van der Waals surface area contributed by atoms with Crippen molar-refractivity contribution in [3.63, 3.8) is 0 Å². The summed E-state index contributed by atoms with van der Waals surface area (Å²) in [6.07, 6.45) is 0. The average molecular weight is 466 g/mol. The highest BCUT2D eigenvalue weighted by Crippen LogP contribution is 2.19. The van der Waals surface area contributed by atoms with Gasteiger partial charge in [0.15, 0.2) is 0 Å². The fourth-order valence-electron chi connectivity index (χ4n) is 3.52. The van der Waals surface area contributed by atoms with Gasteiger partial charge >= 0.3 is 23.4 Å². The molecule has 1 aromatic rings. The Morgan fingerprint density at radius 2 is 1.47 bits per heavy atom. The summed E-state index contributed by atoms with van der Waals surface area (Å²) in [6.45, 7) is 3.44. The van der Waals surface area contributed by atoms with Gasteiger partial charge in [0.2, 0.25) is 0 Å². The van der Waals surface area contributed by atoms with Gasteiger partial charge in [-0.2, -0.15) is 4.99 Å². The van der Waals surface area contributed by atoms with Crippen LogP contribution in [0.2, 0.25) is 0 Å². The number of hydrogen-bond acceptors (Lipinski definition) is 9. The van der Waals surface area contributed by atoms with Crippen LogP contribution in [0.25, 0.3) is 0 Å². The Hall–Kier alpha value is -2.73. The lowest BCUT2D eigenvalue weighted by molar-refractivity contribution is -0.179. The number of nitrogens with zero attached hydrogens (tertiary/aromatic N) is 3. The molecule has 0 atom stereocenters. The molecule has 0 unspecified atom stereocenters. The number of nitrogens with one attached hydrogen (secondary N) is 2. The highest BCUT2D eigenvalue weighted by atomic mass is 32.1. The molecule has 0 aliphatic carbocycles. The molecule has 2 rings (SSSR count). The number of benzene rings is 1. The molecule has 0 spiro atoms. The number of carboxylic acids is 3. The maximum absolute atomic E-state index is 11.9. The van der Waals surface area contributed by atoms with Gasteiger partial charge in [0.05, 0.1) is 10.8 Å². The van der Waals surface area contributed by atoms with Crippen LogP contribution in [-0.4, -0.2) is 106 Å². The summed E-state index contributed by atoms with van der Waals surface area (Å²) in [6, 6.07) is 7.36. The Morgan fingerprint density at radius 1 is 0.906 bits per heavy atom. The Balaban J connectivity index is 2.26. The van der Waals surface area contributed by atoms with Crippen LogP contribution in [0.15, 0.2) is 29.3 Å². The largest absolute Gasteiger partial charge is 0.479 e.